The second-order valence-corrected chi connectivity index (χ2v) is 7.68. The van der Waals surface area contributed by atoms with Crippen LogP contribution in [-0.4, -0.2) is 52.0 Å². The predicted molar refractivity (Wildman–Crippen MR) is 97.3 cm³/mol. The number of carbonyl (C=O) groups excluding carboxylic acids is 2. The van der Waals surface area contributed by atoms with Gasteiger partial charge < -0.3 is 15.0 Å². The van der Waals surface area contributed by atoms with Crippen molar-refractivity contribution < 1.29 is 14.3 Å². The normalized spacial score (nSPS) is 22.8. The van der Waals surface area contributed by atoms with Gasteiger partial charge in [-0.2, -0.15) is 5.10 Å². The second kappa shape index (κ2) is 6.99. The van der Waals surface area contributed by atoms with Crippen molar-refractivity contribution in [2.75, 3.05) is 25.0 Å². The van der Waals surface area contributed by atoms with Gasteiger partial charge in [-0.05, 0) is 24.3 Å². The van der Waals surface area contributed by atoms with Gasteiger partial charge in [-0.15, -0.1) is 11.3 Å². The largest absolute Gasteiger partial charge is 0.441 e. The molecule has 0 bridgehead atoms. The number of urea groups is 1. The third-order valence-corrected chi connectivity index (χ3v) is 5.75. The first-order valence-corrected chi connectivity index (χ1v) is 9.59. The molecule has 0 aliphatic carbocycles. The Hall–Kier alpha value is -2.55. The molecule has 3 amide bonds. The Bertz CT molecular complexity index is 790. The summed E-state index contributed by atoms with van der Waals surface area (Å²) in [4.78, 5) is 27.0. The Morgan fingerprint density at radius 1 is 1.38 bits per heavy atom. The molecule has 1 spiro atoms. The Kier molecular flexibility index (Phi) is 4.54. The zero-order valence-corrected chi connectivity index (χ0v) is 15.1. The van der Waals surface area contributed by atoms with Gasteiger partial charge in [-0.3, -0.25) is 5.32 Å². The summed E-state index contributed by atoms with van der Waals surface area (Å²) in [7, 11) is 0. The highest BCUT2D eigenvalue weighted by Gasteiger charge is 2.41. The molecule has 26 heavy (non-hydrogen) atoms. The number of rotatable bonds is 3. The molecular weight excluding hydrogens is 354 g/mol. The van der Waals surface area contributed by atoms with E-state index in [1.807, 2.05) is 17.5 Å². The summed E-state index contributed by atoms with van der Waals surface area (Å²) in [6.07, 6.45) is 3.54. The van der Waals surface area contributed by atoms with Gasteiger partial charge in [-0.1, -0.05) is 6.07 Å². The summed E-state index contributed by atoms with van der Waals surface area (Å²) < 4.78 is 7.24. The molecule has 0 radical (unpaired) electrons. The SMILES string of the molecule is O=C1NC[C@@]2(CCCN(C(=O)Nc3ccnn3Cc3cccs3)CC2)O1. The highest BCUT2D eigenvalue weighted by atomic mass is 32.1. The van der Waals surface area contributed by atoms with E-state index < -0.39 is 5.60 Å². The van der Waals surface area contributed by atoms with Crippen molar-refractivity contribution in [1.29, 1.82) is 0 Å². The van der Waals surface area contributed by atoms with Crippen molar-refractivity contribution in [2.24, 2.45) is 0 Å². The number of likely N-dealkylation sites (tertiary alicyclic amines) is 1. The second-order valence-electron chi connectivity index (χ2n) is 6.65. The molecule has 2 aromatic rings. The summed E-state index contributed by atoms with van der Waals surface area (Å²) >= 11 is 1.66. The van der Waals surface area contributed by atoms with E-state index in [4.69, 9.17) is 4.74 Å². The van der Waals surface area contributed by atoms with Crippen molar-refractivity contribution in [1.82, 2.24) is 20.0 Å². The average Bonchev–Trinajstić information content (AvgIpc) is 3.32. The lowest BCUT2D eigenvalue weighted by atomic mass is 9.95. The fourth-order valence-electron chi connectivity index (χ4n) is 3.46. The van der Waals surface area contributed by atoms with Crippen LogP contribution in [0.15, 0.2) is 29.8 Å². The molecule has 2 aliphatic rings. The fraction of sp³-hybridized carbons (Fsp3) is 0.471. The Morgan fingerprint density at radius 2 is 2.31 bits per heavy atom. The van der Waals surface area contributed by atoms with E-state index in [1.54, 1.807) is 33.2 Å². The molecule has 0 unspecified atom stereocenters. The first-order valence-electron chi connectivity index (χ1n) is 8.71. The van der Waals surface area contributed by atoms with Crippen LogP contribution in [0, 0.1) is 0 Å². The summed E-state index contributed by atoms with van der Waals surface area (Å²) in [6.45, 7) is 2.35. The van der Waals surface area contributed by atoms with Crippen LogP contribution in [0.2, 0.25) is 0 Å². The third-order valence-electron chi connectivity index (χ3n) is 4.89. The zero-order chi connectivity index (χ0) is 18.0. The lowest BCUT2D eigenvalue weighted by Crippen LogP contribution is -2.38. The van der Waals surface area contributed by atoms with Crippen LogP contribution in [0.4, 0.5) is 15.4 Å². The predicted octanol–water partition coefficient (Wildman–Crippen LogP) is 2.49. The van der Waals surface area contributed by atoms with Crippen LogP contribution in [0.3, 0.4) is 0 Å². The molecule has 4 rings (SSSR count). The van der Waals surface area contributed by atoms with E-state index in [1.165, 1.54) is 4.88 Å². The maximum Gasteiger partial charge on any atom is 0.407 e. The summed E-state index contributed by atoms with van der Waals surface area (Å²) in [6, 6.07) is 5.70. The molecule has 2 N–H and O–H groups in total. The van der Waals surface area contributed by atoms with Crippen LogP contribution in [-0.2, 0) is 11.3 Å². The molecule has 2 fully saturated rings. The Labute approximate surface area is 155 Å². The first-order chi connectivity index (χ1) is 12.6. The smallest absolute Gasteiger partial charge is 0.407 e. The summed E-state index contributed by atoms with van der Waals surface area (Å²) in [5.41, 5.74) is -0.465. The topological polar surface area (TPSA) is 88.5 Å². The van der Waals surface area contributed by atoms with Crippen molar-refractivity contribution in [3.63, 3.8) is 0 Å². The van der Waals surface area contributed by atoms with E-state index in [0.717, 1.165) is 12.8 Å². The van der Waals surface area contributed by atoms with Crippen LogP contribution >= 0.6 is 11.3 Å². The molecule has 138 valence electrons. The van der Waals surface area contributed by atoms with Gasteiger partial charge in [0.25, 0.3) is 0 Å². The quantitative estimate of drug-likeness (QED) is 0.863. The highest BCUT2D eigenvalue weighted by molar-refractivity contribution is 7.09. The Morgan fingerprint density at radius 3 is 3.08 bits per heavy atom. The molecule has 2 aliphatic heterocycles. The van der Waals surface area contributed by atoms with Gasteiger partial charge in [0, 0.05) is 30.5 Å². The van der Waals surface area contributed by atoms with Gasteiger partial charge in [0.1, 0.15) is 11.4 Å². The summed E-state index contributed by atoms with van der Waals surface area (Å²) in [5.74, 6) is 0.677. The van der Waals surface area contributed by atoms with Crippen molar-refractivity contribution in [3.8, 4) is 0 Å². The number of alkyl carbamates (subject to hydrolysis) is 1. The van der Waals surface area contributed by atoms with Gasteiger partial charge in [0.15, 0.2) is 0 Å². The van der Waals surface area contributed by atoms with E-state index >= 15 is 0 Å². The minimum atomic E-state index is -0.465. The van der Waals surface area contributed by atoms with Crippen LogP contribution < -0.4 is 10.6 Å². The molecular formula is C17H21N5O3S. The van der Waals surface area contributed by atoms with Crippen molar-refractivity contribution in [3.05, 3.63) is 34.7 Å². The molecule has 1 atom stereocenters. The highest BCUT2D eigenvalue weighted by Crippen LogP contribution is 2.29. The third kappa shape index (κ3) is 3.52. The summed E-state index contributed by atoms with van der Waals surface area (Å²) in [5, 5.41) is 12.0. The zero-order valence-electron chi connectivity index (χ0n) is 14.3. The number of aromatic nitrogens is 2. The standard InChI is InChI=1S/C17H21N5O3S/c23-15(20-14-4-7-19-22(14)11-13-3-1-10-26-13)21-8-2-5-17(6-9-21)12-18-16(24)25-17/h1,3-4,7,10H,2,5-6,8-9,11-12H2,(H,18,24)(H,20,23)/t17-/m0/s1. The number of amides is 3. The van der Waals surface area contributed by atoms with E-state index in [-0.39, 0.29) is 12.1 Å². The number of carbonyl (C=O) groups is 2. The number of thiophene rings is 1. The molecule has 2 aromatic heterocycles. The number of nitrogens with one attached hydrogen (secondary N) is 2. The van der Waals surface area contributed by atoms with Crippen LogP contribution in [0.25, 0.3) is 0 Å². The minimum absolute atomic E-state index is 0.146. The number of ether oxygens (including phenoxy) is 1. The van der Waals surface area contributed by atoms with E-state index in [0.29, 0.717) is 38.4 Å². The van der Waals surface area contributed by atoms with Gasteiger partial charge in [0.05, 0.1) is 19.3 Å². The number of anilines is 1. The number of hydrogen-bond acceptors (Lipinski definition) is 5. The molecule has 2 saturated heterocycles. The number of hydrogen-bond donors (Lipinski definition) is 2. The van der Waals surface area contributed by atoms with Gasteiger partial charge in [-0.25, -0.2) is 14.3 Å². The molecule has 0 saturated carbocycles. The van der Waals surface area contributed by atoms with Crippen LogP contribution in [0.5, 0.6) is 0 Å². The fourth-order valence-corrected chi connectivity index (χ4v) is 4.14. The van der Waals surface area contributed by atoms with Crippen molar-refractivity contribution >= 4 is 29.3 Å². The van der Waals surface area contributed by atoms with E-state index in [2.05, 4.69) is 15.7 Å². The first kappa shape index (κ1) is 16.9. The average molecular weight is 375 g/mol. The molecule has 4 heterocycles. The maximum atomic E-state index is 12.7. The number of nitrogens with zero attached hydrogens (tertiary/aromatic N) is 3. The van der Waals surface area contributed by atoms with Crippen LogP contribution in [0.1, 0.15) is 24.1 Å². The van der Waals surface area contributed by atoms with Gasteiger partial charge >= 0.3 is 12.1 Å². The molecule has 0 aromatic carbocycles. The lowest BCUT2D eigenvalue weighted by Gasteiger charge is -2.25. The van der Waals surface area contributed by atoms with Gasteiger partial charge in [0.2, 0.25) is 0 Å². The maximum absolute atomic E-state index is 12.7. The van der Waals surface area contributed by atoms with E-state index in [9.17, 15) is 9.59 Å². The monoisotopic (exact) mass is 375 g/mol. The molecule has 9 heteroatoms. The minimum Gasteiger partial charge on any atom is -0.441 e. The van der Waals surface area contributed by atoms with Crippen molar-refractivity contribution in [2.45, 2.75) is 31.4 Å². The molecule has 8 nitrogen and oxygen atoms in total. The Balaban J connectivity index is 1.38. The lowest BCUT2D eigenvalue weighted by molar-refractivity contribution is 0.0454.